The maximum absolute atomic E-state index is 8.22. The predicted molar refractivity (Wildman–Crippen MR) is 56.9 cm³/mol. The Bertz CT molecular complexity index is 169. The Hall–Kier alpha value is 0.217. The summed E-state index contributed by atoms with van der Waals surface area (Å²) in [6.45, 7) is 13.1. The minimum Gasteiger partial charge on any atom is -0.0686 e. The zero-order valence-electron chi connectivity index (χ0n) is 12.0. The van der Waals surface area contributed by atoms with E-state index in [4.69, 9.17) is 4.11 Å². The molecule has 0 aromatic heterocycles. The Morgan fingerprint density at radius 3 is 1.00 bits per heavy atom. The van der Waals surface area contributed by atoms with E-state index in [1.165, 1.54) is 0 Å². The van der Waals surface area contributed by atoms with E-state index >= 15 is 0 Å². The van der Waals surface area contributed by atoms with Crippen LogP contribution in [0.25, 0.3) is 0 Å². The molecule has 0 heterocycles. The summed E-state index contributed by atoms with van der Waals surface area (Å²) in [4.78, 5) is 0. The predicted octanol–water partition coefficient (Wildman–Crippen LogP) is 4.30. The number of hydrogen-bond acceptors (Lipinski definition) is 0. The average Bonchev–Trinajstić information content (AvgIpc) is 1.77. The first kappa shape index (κ1) is 6.70. The van der Waals surface area contributed by atoms with Crippen LogP contribution in [0, 0.1) is 0 Å². The van der Waals surface area contributed by atoms with Crippen molar-refractivity contribution in [1.29, 1.82) is 0 Å². The van der Waals surface area contributed by atoms with Crippen molar-refractivity contribution in [3.05, 3.63) is 0 Å². The summed E-state index contributed by atoms with van der Waals surface area (Å²) in [6, 6.07) is 0. The van der Waals surface area contributed by atoms with Gasteiger partial charge < -0.3 is 0 Å². The van der Waals surface area contributed by atoms with Crippen molar-refractivity contribution in [3.63, 3.8) is 0 Å². The highest BCUT2D eigenvalue weighted by Gasteiger charge is 2.37. The highest BCUT2D eigenvalue weighted by Crippen LogP contribution is 2.40. The van der Waals surface area contributed by atoms with E-state index in [0.29, 0.717) is 0 Å². The van der Waals surface area contributed by atoms with Crippen molar-refractivity contribution in [2.45, 2.75) is 64.6 Å². The van der Waals surface area contributed by atoms with Gasteiger partial charge in [0, 0.05) is 4.11 Å². The molecule has 1 heteroatoms. The molecule has 0 spiro atoms. The lowest BCUT2D eigenvalue weighted by molar-refractivity contribution is 0.823. The van der Waals surface area contributed by atoms with Crippen molar-refractivity contribution in [3.8, 4) is 0 Å². The quantitative estimate of drug-likeness (QED) is 0.561. The SMILES string of the molecule is [2H]C(C)(C)[Si](C)(C([2H])(C)C)C([2H])(C)C. The minimum absolute atomic E-state index is 0.663. The van der Waals surface area contributed by atoms with Crippen molar-refractivity contribution < 1.29 is 4.11 Å². The molecule has 11 heavy (non-hydrogen) atoms. The summed E-state index contributed by atoms with van der Waals surface area (Å²) in [5.41, 5.74) is -1.99. The van der Waals surface area contributed by atoms with Crippen LogP contribution in [-0.4, -0.2) is 8.07 Å². The molecule has 0 aliphatic rings. The third kappa shape index (κ3) is 2.08. The molecular formula is C10H24Si. The summed E-state index contributed by atoms with van der Waals surface area (Å²) >= 11 is 0. The Morgan fingerprint density at radius 1 is 0.818 bits per heavy atom. The van der Waals surface area contributed by atoms with Gasteiger partial charge in [0.2, 0.25) is 0 Å². The van der Waals surface area contributed by atoms with Crippen LogP contribution in [0.2, 0.25) is 23.1 Å². The maximum Gasteiger partial charge on any atom is 0.0581 e. The third-order valence-electron chi connectivity index (χ3n) is 3.00. The molecule has 0 fully saturated rings. The van der Waals surface area contributed by atoms with Crippen LogP contribution >= 0.6 is 0 Å². The highest BCUT2D eigenvalue weighted by molar-refractivity contribution is 6.82. The fraction of sp³-hybridized carbons (Fsp3) is 1.00. The lowest BCUT2D eigenvalue weighted by Gasteiger charge is -2.39. The molecular weight excluding hydrogens is 148 g/mol. The molecule has 0 unspecified atom stereocenters. The maximum atomic E-state index is 8.22. The van der Waals surface area contributed by atoms with E-state index < -0.39 is 24.6 Å². The lowest BCUT2D eigenvalue weighted by Crippen LogP contribution is -2.40. The topological polar surface area (TPSA) is 0 Å². The molecule has 68 valence electrons. The van der Waals surface area contributed by atoms with E-state index in [0.717, 1.165) is 0 Å². The summed E-state index contributed by atoms with van der Waals surface area (Å²) in [7, 11) is -2.35. The first-order chi connectivity index (χ1) is 5.75. The molecule has 0 rings (SSSR count). The largest absolute Gasteiger partial charge is 0.0686 e. The third-order valence-corrected chi connectivity index (χ3v) is 9.00. The van der Waals surface area contributed by atoms with Gasteiger partial charge in [-0.25, -0.2) is 0 Å². The van der Waals surface area contributed by atoms with Gasteiger partial charge in [-0.15, -0.1) is 0 Å². The molecule has 0 aromatic rings. The van der Waals surface area contributed by atoms with Crippen LogP contribution in [-0.2, 0) is 0 Å². The Morgan fingerprint density at radius 2 is 1.00 bits per heavy atom. The smallest absolute Gasteiger partial charge is 0.0581 e. The Kier molecular flexibility index (Phi) is 2.28. The van der Waals surface area contributed by atoms with Gasteiger partial charge in [-0.2, -0.15) is 0 Å². The molecule has 0 amide bonds. The van der Waals surface area contributed by atoms with Gasteiger partial charge in [0.15, 0.2) is 0 Å². The molecule has 0 nitrogen and oxygen atoms in total. The summed E-state index contributed by atoms with van der Waals surface area (Å²) < 4.78 is 24.7. The van der Waals surface area contributed by atoms with Gasteiger partial charge in [-0.1, -0.05) is 64.6 Å². The van der Waals surface area contributed by atoms with Crippen molar-refractivity contribution in [2.24, 2.45) is 0 Å². The van der Waals surface area contributed by atoms with Crippen LogP contribution in [0.15, 0.2) is 0 Å². The normalized spacial score (nSPS) is 20.5. The van der Waals surface area contributed by atoms with Gasteiger partial charge in [-0.05, 0) is 0 Å². The second kappa shape index (κ2) is 3.75. The zero-order valence-corrected chi connectivity index (χ0v) is 10.0. The first-order valence-electron chi connectivity index (χ1n) is 5.75. The molecule has 0 aliphatic carbocycles. The lowest BCUT2D eigenvalue weighted by atomic mass is 10.5. The van der Waals surface area contributed by atoms with E-state index in [-0.39, 0.29) is 0 Å². The van der Waals surface area contributed by atoms with Gasteiger partial charge in [0.1, 0.15) is 0 Å². The summed E-state index contributed by atoms with van der Waals surface area (Å²) in [5.74, 6) is 0. The van der Waals surface area contributed by atoms with E-state index in [2.05, 4.69) is 0 Å². The fourth-order valence-electron chi connectivity index (χ4n) is 1.50. The molecule has 0 radical (unpaired) electrons. The number of rotatable bonds is 3. The molecule has 0 saturated heterocycles. The molecule has 0 atom stereocenters. The fourth-order valence-corrected chi connectivity index (χ4v) is 4.50. The second-order valence-electron chi connectivity index (χ2n) is 4.12. The average molecular weight is 175 g/mol. The number of hydrogen-bond donors (Lipinski definition) is 0. The highest BCUT2D eigenvalue weighted by atomic mass is 28.3. The van der Waals surface area contributed by atoms with Crippen LogP contribution in [0.5, 0.6) is 0 Å². The molecule has 0 bridgehead atoms. The van der Waals surface area contributed by atoms with E-state index in [1.54, 1.807) is 0 Å². The van der Waals surface area contributed by atoms with Crippen LogP contribution in [0.1, 0.15) is 45.7 Å². The van der Waals surface area contributed by atoms with E-state index in [9.17, 15) is 0 Å². The van der Waals surface area contributed by atoms with Gasteiger partial charge in [-0.3, -0.25) is 0 Å². The monoisotopic (exact) mass is 175 g/mol. The van der Waals surface area contributed by atoms with Crippen molar-refractivity contribution in [2.75, 3.05) is 0 Å². The van der Waals surface area contributed by atoms with E-state index in [1.807, 2.05) is 48.1 Å². The van der Waals surface area contributed by atoms with Crippen molar-refractivity contribution in [1.82, 2.24) is 0 Å². The van der Waals surface area contributed by atoms with Gasteiger partial charge in [0.05, 0.1) is 8.07 Å². The van der Waals surface area contributed by atoms with Crippen LogP contribution in [0.3, 0.4) is 0 Å². The van der Waals surface area contributed by atoms with Crippen LogP contribution in [0.4, 0.5) is 0 Å². The molecule has 0 aromatic carbocycles. The van der Waals surface area contributed by atoms with Gasteiger partial charge >= 0.3 is 0 Å². The molecule has 0 saturated carbocycles. The first-order valence-corrected chi connectivity index (χ1v) is 6.75. The zero-order chi connectivity index (χ0) is 12.0. The summed E-state index contributed by atoms with van der Waals surface area (Å²) in [5, 5.41) is 0. The minimum atomic E-state index is -2.35. The Balaban J connectivity index is 5.54. The standard InChI is InChI=1S/C10H24Si/c1-8(2)11(7,9(3)4)10(5)6/h8-10H,1-7H3/i8D,9D,10D. The second-order valence-corrected chi connectivity index (χ2v) is 9.38. The van der Waals surface area contributed by atoms with Gasteiger partial charge in [0.25, 0.3) is 0 Å². The van der Waals surface area contributed by atoms with Crippen LogP contribution < -0.4 is 0 Å². The molecule has 0 N–H and O–H groups in total. The summed E-state index contributed by atoms with van der Waals surface area (Å²) in [6.07, 6.45) is 0. The molecule has 0 aliphatic heterocycles. The Labute approximate surface area is 77.6 Å². The van der Waals surface area contributed by atoms with Crippen molar-refractivity contribution >= 4 is 8.07 Å².